The first kappa shape index (κ1) is 8.81. The summed E-state index contributed by atoms with van der Waals surface area (Å²) in [5, 5.41) is 0. The highest BCUT2D eigenvalue weighted by molar-refractivity contribution is 5.63. The van der Waals surface area contributed by atoms with E-state index in [1.165, 1.54) is 6.33 Å². The van der Waals surface area contributed by atoms with Crippen LogP contribution in [0.5, 0.6) is 0 Å². The van der Waals surface area contributed by atoms with Crippen LogP contribution in [0.4, 0.5) is 0 Å². The van der Waals surface area contributed by atoms with E-state index < -0.39 is 0 Å². The molecule has 2 aromatic rings. The molecule has 2 aromatic heterocycles. The van der Waals surface area contributed by atoms with Crippen molar-refractivity contribution < 1.29 is 0 Å². The maximum Gasteiger partial charge on any atom is 0.115 e. The molecule has 0 saturated heterocycles. The molecule has 0 bridgehead atoms. The average molecular weight is 185 g/mol. The first-order valence-corrected chi connectivity index (χ1v) is 4.47. The van der Waals surface area contributed by atoms with Gasteiger partial charge >= 0.3 is 0 Å². The summed E-state index contributed by atoms with van der Waals surface area (Å²) in [6.07, 6.45) is 5.12. The summed E-state index contributed by atoms with van der Waals surface area (Å²) in [7, 11) is 0. The zero-order valence-corrected chi connectivity index (χ0v) is 8.23. The molecular formula is C11H11N3. The lowest BCUT2D eigenvalue weighted by Crippen LogP contribution is -1.91. The third-order valence-corrected chi connectivity index (χ3v) is 2.10. The number of pyridine rings is 1. The minimum Gasteiger partial charge on any atom is -0.258 e. The summed E-state index contributed by atoms with van der Waals surface area (Å²) in [5.41, 5.74) is 4.15. The van der Waals surface area contributed by atoms with E-state index in [2.05, 4.69) is 21.0 Å². The minimum atomic E-state index is 1.01. The maximum atomic E-state index is 4.39. The minimum absolute atomic E-state index is 1.01. The number of aryl methyl sites for hydroxylation is 2. The molecule has 70 valence electrons. The predicted octanol–water partition coefficient (Wildman–Crippen LogP) is 2.16. The zero-order chi connectivity index (χ0) is 9.97. The van der Waals surface area contributed by atoms with E-state index >= 15 is 0 Å². The SMILES string of the molecule is Cc1ccc(-c2cncnc2)c(C)n1. The lowest BCUT2D eigenvalue weighted by Gasteiger charge is -2.04. The second-order valence-corrected chi connectivity index (χ2v) is 3.21. The number of rotatable bonds is 1. The van der Waals surface area contributed by atoms with Gasteiger partial charge in [-0.15, -0.1) is 0 Å². The molecular weight excluding hydrogens is 174 g/mol. The van der Waals surface area contributed by atoms with Crippen molar-refractivity contribution in [2.75, 3.05) is 0 Å². The molecule has 3 heteroatoms. The van der Waals surface area contributed by atoms with Crippen molar-refractivity contribution >= 4 is 0 Å². The van der Waals surface area contributed by atoms with Gasteiger partial charge in [0.15, 0.2) is 0 Å². The Morgan fingerprint density at radius 3 is 2.36 bits per heavy atom. The largest absolute Gasteiger partial charge is 0.258 e. The molecule has 0 unspecified atom stereocenters. The lowest BCUT2D eigenvalue weighted by molar-refractivity contribution is 1.11. The first-order valence-electron chi connectivity index (χ1n) is 4.47. The van der Waals surface area contributed by atoms with Crippen molar-refractivity contribution in [3.05, 3.63) is 42.2 Å². The van der Waals surface area contributed by atoms with Gasteiger partial charge in [0, 0.05) is 34.9 Å². The van der Waals surface area contributed by atoms with E-state index in [0.29, 0.717) is 0 Å². The molecule has 0 fully saturated rings. The van der Waals surface area contributed by atoms with Gasteiger partial charge in [0.25, 0.3) is 0 Å². The van der Waals surface area contributed by atoms with Crippen LogP contribution in [-0.4, -0.2) is 15.0 Å². The van der Waals surface area contributed by atoms with Gasteiger partial charge in [-0.05, 0) is 19.9 Å². The molecule has 2 heterocycles. The molecule has 0 atom stereocenters. The highest BCUT2D eigenvalue weighted by atomic mass is 14.8. The third kappa shape index (κ3) is 1.62. The molecule has 0 N–H and O–H groups in total. The smallest absolute Gasteiger partial charge is 0.115 e. The molecule has 0 aliphatic heterocycles. The van der Waals surface area contributed by atoms with Crippen LogP contribution in [0.3, 0.4) is 0 Å². The normalized spacial score (nSPS) is 10.1. The standard InChI is InChI=1S/C11H11N3/c1-8-3-4-11(9(2)14-8)10-5-12-7-13-6-10/h3-7H,1-2H3. The van der Waals surface area contributed by atoms with Crippen LogP contribution in [0.2, 0.25) is 0 Å². The van der Waals surface area contributed by atoms with E-state index in [1.54, 1.807) is 12.4 Å². The van der Waals surface area contributed by atoms with E-state index in [9.17, 15) is 0 Å². The molecule has 2 rings (SSSR count). The fraction of sp³-hybridized carbons (Fsp3) is 0.182. The monoisotopic (exact) mass is 185 g/mol. The second kappa shape index (κ2) is 3.54. The number of hydrogen-bond donors (Lipinski definition) is 0. The number of hydrogen-bond acceptors (Lipinski definition) is 3. The average Bonchev–Trinajstić information content (AvgIpc) is 2.19. The summed E-state index contributed by atoms with van der Waals surface area (Å²) < 4.78 is 0. The van der Waals surface area contributed by atoms with E-state index in [4.69, 9.17) is 0 Å². The Morgan fingerprint density at radius 2 is 1.71 bits per heavy atom. The van der Waals surface area contributed by atoms with Gasteiger partial charge in [-0.3, -0.25) is 4.98 Å². The molecule has 0 spiro atoms. The Kier molecular flexibility index (Phi) is 2.23. The first-order chi connectivity index (χ1) is 6.77. The van der Waals surface area contributed by atoms with Gasteiger partial charge in [0.2, 0.25) is 0 Å². The quantitative estimate of drug-likeness (QED) is 0.683. The van der Waals surface area contributed by atoms with Crippen molar-refractivity contribution in [1.82, 2.24) is 15.0 Å². The fourth-order valence-corrected chi connectivity index (χ4v) is 1.43. The van der Waals surface area contributed by atoms with Crippen LogP contribution in [0.15, 0.2) is 30.9 Å². The van der Waals surface area contributed by atoms with Gasteiger partial charge in [-0.1, -0.05) is 6.07 Å². The van der Waals surface area contributed by atoms with Gasteiger partial charge in [0.05, 0.1) is 0 Å². The molecule has 0 radical (unpaired) electrons. The summed E-state index contributed by atoms with van der Waals surface area (Å²) >= 11 is 0. The van der Waals surface area contributed by atoms with E-state index in [0.717, 1.165) is 22.5 Å². The topological polar surface area (TPSA) is 38.7 Å². The van der Waals surface area contributed by atoms with Gasteiger partial charge in [0.1, 0.15) is 6.33 Å². The lowest BCUT2D eigenvalue weighted by atomic mass is 10.1. The van der Waals surface area contributed by atoms with Crippen LogP contribution in [0.25, 0.3) is 11.1 Å². The predicted molar refractivity (Wildman–Crippen MR) is 54.7 cm³/mol. The van der Waals surface area contributed by atoms with Crippen molar-refractivity contribution in [2.24, 2.45) is 0 Å². The van der Waals surface area contributed by atoms with Crippen LogP contribution >= 0.6 is 0 Å². The zero-order valence-electron chi connectivity index (χ0n) is 8.23. The van der Waals surface area contributed by atoms with E-state index in [1.807, 2.05) is 19.9 Å². The molecule has 0 amide bonds. The highest BCUT2D eigenvalue weighted by Crippen LogP contribution is 2.19. The van der Waals surface area contributed by atoms with Crippen LogP contribution in [0, 0.1) is 13.8 Å². The Hall–Kier alpha value is -1.77. The van der Waals surface area contributed by atoms with Crippen LogP contribution in [0.1, 0.15) is 11.4 Å². The summed E-state index contributed by atoms with van der Waals surface area (Å²) in [4.78, 5) is 12.4. The summed E-state index contributed by atoms with van der Waals surface area (Å²) in [6, 6.07) is 4.05. The number of aromatic nitrogens is 3. The maximum absolute atomic E-state index is 4.39. The van der Waals surface area contributed by atoms with E-state index in [-0.39, 0.29) is 0 Å². The Morgan fingerprint density at radius 1 is 1.00 bits per heavy atom. The van der Waals surface area contributed by atoms with Crippen molar-refractivity contribution in [3.8, 4) is 11.1 Å². The molecule has 0 aromatic carbocycles. The molecule has 0 aliphatic rings. The molecule has 0 saturated carbocycles. The summed E-state index contributed by atoms with van der Waals surface area (Å²) in [5.74, 6) is 0. The molecule has 3 nitrogen and oxygen atoms in total. The van der Waals surface area contributed by atoms with Gasteiger partial charge in [-0.25, -0.2) is 9.97 Å². The second-order valence-electron chi connectivity index (χ2n) is 3.21. The highest BCUT2D eigenvalue weighted by Gasteiger charge is 2.02. The Balaban J connectivity index is 2.53. The van der Waals surface area contributed by atoms with Crippen molar-refractivity contribution in [2.45, 2.75) is 13.8 Å². The van der Waals surface area contributed by atoms with Gasteiger partial charge < -0.3 is 0 Å². The van der Waals surface area contributed by atoms with Crippen LogP contribution in [-0.2, 0) is 0 Å². The van der Waals surface area contributed by atoms with Crippen molar-refractivity contribution in [1.29, 1.82) is 0 Å². The Labute approximate surface area is 82.9 Å². The number of nitrogens with zero attached hydrogens (tertiary/aromatic N) is 3. The Bertz CT molecular complexity index is 438. The molecule has 0 aliphatic carbocycles. The summed E-state index contributed by atoms with van der Waals surface area (Å²) in [6.45, 7) is 3.98. The molecule has 14 heavy (non-hydrogen) atoms. The van der Waals surface area contributed by atoms with Crippen molar-refractivity contribution in [3.63, 3.8) is 0 Å². The fourth-order valence-electron chi connectivity index (χ4n) is 1.43. The third-order valence-electron chi connectivity index (χ3n) is 2.10. The van der Waals surface area contributed by atoms with Gasteiger partial charge in [-0.2, -0.15) is 0 Å². The van der Waals surface area contributed by atoms with Crippen LogP contribution < -0.4 is 0 Å².